The van der Waals surface area contributed by atoms with Gasteiger partial charge in [0, 0.05) is 22.9 Å². The summed E-state index contributed by atoms with van der Waals surface area (Å²) in [5, 5.41) is 0. The van der Waals surface area contributed by atoms with Gasteiger partial charge in [0.2, 0.25) is 0 Å². The van der Waals surface area contributed by atoms with Crippen LogP contribution in [0.4, 0.5) is 0 Å². The quantitative estimate of drug-likeness (QED) is 0.155. The van der Waals surface area contributed by atoms with Crippen LogP contribution in [-0.4, -0.2) is 5.78 Å². The summed E-state index contributed by atoms with van der Waals surface area (Å²) in [5.41, 5.74) is 0.790. The average Bonchev–Trinajstić information content (AvgIpc) is 3.61. The van der Waals surface area contributed by atoms with Crippen LogP contribution >= 0.6 is 15.9 Å². The number of carbonyl (C=O) groups excluding carboxylic acids is 1. The number of carbonyl (C=O) groups is 1. The zero-order valence-electron chi connectivity index (χ0n) is 21.0. The molecular formula is C31H43BrO. The first kappa shape index (κ1) is 26.3. The Morgan fingerprint density at radius 2 is 1.79 bits per heavy atom. The Morgan fingerprint density at radius 3 is 2.30 bits per heavy atom. The lowest BCUT2D eigenvalue weighted by molar-refractivity contribution is -0.0640. The molecule has 2 aliphatic carbocycles. The lowest BCUT2D eigenvalue weighted by Crippen LogP contribution is -2.50. The van der Waals surface area contributed by atoms with Crippen molar-refractivity contribution in [3.8, 4) is 12.3 Å². The van der Waals surface area contributed by atoms with Crippen LogP contribution in [0.15, 0.2) is 41.4 Å². The average molecular weight is 512 g/mol. The number of Topliss-reactive ketones (excluding diaryl/α,β-unsaturated/α-hetero) is 1. The predicted molar refractivity (Wildman–Crippen MR) is 144 cm³/mol. The Labute approximate surface area is 211 Å². The molecule has 1 aromatic rings. The molecule has 0 bridgehead atoms. The molecule has 2 fully saturated rings. The molecule has 1 nitrogen and oxygen atoms in total. The minimum atomic E-state index is -0.0916. The summed E-state index contributed by atoms with van der Waals surface area (Å²) < 4.78 is 1.01. The summed E-state index contributed by atoms with van der Waals surface area (Å²) in [6.45, 7) is 11.4. The third kappa shape index (κ3) is 5.85. The molecule has 0 aromatic heterocycles. The highest BCUT2D eigenvalue weighted by Crippen LogP contribution is 2.61. The van der Waals surface area contributed by atoms with Crippen LogP contribution in [0.2, 0.25) is 0 Å². The number of terminal acetylenes is 1. The van der Waals surface area contributed by atoms with Gasteiger partial charge in [0.1, 0.15) is 0 Å². The van der Waals surface area contributed by atoms with Crippen molar-refractivity contribution in [3.63, 3.8) is 0 Å². The van der Waals surface area contributed by atoms with E-state index in [2.05, 4.69) is 55.3 Å². The molecule has 0 radical (unpaired) electrons. The standard InChI is InChI=1S/C31H43BrO/c1-6-19-30(21-25-13-14-25,22-29(33)26-15-17-28(32)18-16-26)24(5)31(20-7-2,23(3)4)27-11-9-8-10-12-27/h2,6,15-18,23-25,27H,1,8-14,19-22H2,3-5H3. The van der Waals surface area contributed by atoms with Gasteiger partial charge >= 0.3 is 0 Å². The molecule has 3 atom stereocenters. The van der Waals surface area contributed by atoms with E-state index in [1.807, 2.05) is 24.3 Å². The predicted octanol–water partition coefficient (Wildman–Crippen LogP) is 9.27. The molecule has 2 saturated carbocycles. The first-order chi connectivity index (χ1) is 15.8. The summed E-state index contributed by atoms with van der Waals surface area (Å²) in [6.07, 6.45) is 20.7. The minimum absolute atomic E-state index is 0.0626. The number of ketones is 1. The first-order valence-corrected chi connectivity index (χ1v) is 13.9. The highest BCUT2D eigenvalue weighted by molar-refractivity contribution is 9.10. The molecular weight excluding hydrogens is 468 g/mol. The molecule has 0 N–H and O–H groups in total. The van der Waals surface area contributed by atoms with E-state index in [-0.39, 0.29) is 16.6 Å². The molecule has 3 unspecified atom stereocenters. The molecule has 2 heteroatoms. The van der Waals surface area contributed by atoms with Gasteiger partial charge in [-0.2, -0.15) is 0 Å². The smallest absolute Gasteiger partial charge is 0.163 e. The zero-order valence-corrected chi connectivity index (χ0v) is 22.6. The van der Waals surface area contributed by atoms with Crippen LogP contribution in [-0.2, 0) is 0 Å². The van der Waals surface area contributed by atoms with Crippen LogP contribution in [0.1, 0.15) is 102 Å². The van der Waals surface area contributed by atoms with Gasteiger partial charge in [-0.3, -0.25) is 4.79 Å². The maximum absolute atomic E-state index is 13.7. The molecule has 0 saturated heterocycles. The van der Waals surface area contributed by atoms with E-state index in [4.69, 9.17) is 6.42 Å². The SMILES string of the molecule is C#CCC(C(C)C)(C1CCCCC1)C(C)C(CC=C)(CC(=O)c1ccc(Br)cc1)CC1CC1. The second kappa shape index (κ2) is 11.4. The van der Waals surface area contributed by atoms with Gasteiger partial charge in [0.25, 0.3) is 0 Å². The number of rotatable bonds is 12. The molecule has 0 heterocycles. The van der Waals surface area contributed by atoms with Gasteiger partial charge in [-0.1, -0.05) is 87.0 Å². The molecule has 3 rings (SSSR count). The number of benzene rings is 1. The van der Waals surface area contributed by atoms with Crippen molar-refractivity contribution in [2.45, 2.75) is 91.4 Å². The van der Waals surface area contributed by atoms with Crippen molar-refractivity contribution < 1.29 is 4.79 Å². The summed E-state index contributed by atoms with van der Waals surface area (Å²) in [6, 6.07) is 7.88. The molecule has 0 aliphatic heterocycles. The third-order valence-electron chi connectivity index (χ3n) is 9.19. The highest BCUT2D eigenvalue weighted by atomic mass is 79.9. The molecule has 2 aliphatic rings. The fourth-order valence-corrected chi connectivity index (χ4v) is 7.45. The molecule has 0 spiro atoms. The normalized spacial score (nSPS) is 21.6. The monoisotopic (exact) mass is 510 g/mol. The second-order valence-corrected chi connectivity index (χ2v) is 12.2. The number of halogens is 1. The zero-order chi connectivity index (χ0) is 24.1. The van der Waals surface area contributed by atoms with Crippen molar-refractivity contribution >= 4 is 21.7 Å². The number of allylic oxidation sites excluding steroid dienone is 1. The summed E-state index contributed by atoms with van der Waals surface area (Å²) in [4.78, 5) is 13.7. The van der Waals surface area contributed by atoms with Crippen molar-refractivity contribution in [3.05, 3.63) is 47.0 Å². The van der Waals surface area contributed by atoms with Gasteiger partial charge in [-0.15, -0.1) is 18.9 Å². The maximum atomic E-state index is 13.7. The van der Waals surface area contributed by atoms with E-state index in [1.165, 1.54) is 44.9 Å². The Morgan fingerprint density at radius 1 is 1.15 bits per heavy atom. The number of hydrogen-bond donors (Lipinski definition) is 0. The number of hydrogen-bond acceptors (Lipinski definition) is 1. The third-order valence-corrected chi connectivity index (χ3v) is 9.72. The summed E-state index contributed by atoms with van der Waals surface area (Å²) in [5.74, 6) is 5.62. The van der Waals surface area contributed by atoms with E-state index in [1.54, 1.807) is 0 Å². The summed E-state index contributed by atoms with van der Waals surface area (Å²) >= 11 is 3.51. The van der Waals surface area contributed by atoms with E-state index < -0.39 is 0 Å². The molecule has 180 valence electrons. The van der Waals surface area contributed by atoms with Gasteiger partial charge in [0.15, 0.2) is 5.78 Å². The van der Waals surface area contributed by atoms with E-state index in [0.717, 1.165) is 35.2 Å². The van der Waals surface area contributed by atoms with Gasteiger partial charge < -0.3 is 0 Å². The minimum Gasteiger partial charge on any atom is -0.294 e. The van der Waals surface area contributed by atoms with Crippen molar-refractivity contribution in [1.29, 1.82) is 0 Å². The fourth-order valence-electron chi connectivity index (χ4n) is 7.19. The van der Waals surface area contributed by atoms with Gasteiger partial charge in [0.05, 0.1) is 0 Å². The van der Waals surface area contributed by atoms with E-state index in [9.17, 15) is 4.79 Å². The van der Waals surface area contributed by atoms with Gasteiger partial charge in [-0.05, 0) is 72.3 Å². The van der Waals surface area contributed by atoms with Crippen molar-refractivity contribution in [2.75, 3.05) is 0 Å². The Balaban J connectivity index is 2.05. The van der Waals surface area contributed by atoms with Crippen molar-refractivity contribution in [1.82, 2.24) is 0 Å². The van der Waals surface area contributed by atoms with Gasteiger partial charge in [-0.25, -0.2) is 0 Å². The Hall–Kier alpha value is -1.33. The van der Waals surface area contributed by atoms with Crippen molar-refractivity contribution in [2.24, 2.45) is 34.5 Å². The second-order valence-electron chi connectivity index (χ2n) is 11.3. The topological polar surface area (TPSA) is 17.1 Å². The van der Waals surface area contributed by atoms with E-state index >= 15 is 0 Å². The Bertz CT molecular complexity index is 837. The molecule has 0 amide bonds. The largest absolute Gasteiger partial charge is 0.294 e. The van der Waals surface area contributed by atoms with Crippen LogP contribution < -0.4 is 0 Å². The molecule has 33 heavy (non-hydrogen) atoms. The highest BCUT2D eigenvalue weighted by Gasteiger charge is 2.54. The van der Waals surface area contributed by atoms with Crippen LogP contribution in [0.5, 0.6) is 0 Å². The van der Waals surface area contributed by atoms with Crippen LogP contribution in [0.25, 0.3) is 0 Å². The van der Waals surface area contributed by atoms with Crippen LogP contribution in [0.3, 0.4) is 0 Å². The lowest BCUT2D eigenvalue weighted by atomic mass is 9.48. The Kier molecular flexibility index (Phi) is 9.08. The summed E-state index contributed by atoms with van der Waals surface area (Å²) in [7, 11) is 0. The lowest BCUT2D eigenvalue weighted by Gasteiger charge is -2.56. The molecule has 1 aromatic carbocycles. The first-order valence-electron chi connectivity index (χ1n) is 13.1. The maximum Gasteiger partial charge on any atom is 0.163 e. The van der Waals surface area contributed by atoms with Crippen LogP contribution in [0, 0.1) is 46.8 Å². The van der Waals surface area contributed by atoms with E-state index in [0.29, 0.717) is 24.2 Å². The fraction of sp³-hybridized carbons (Fsp3) is 0.645.